The van der Waals surface area contributed by atoms with Crippen LogP contribution in [0.5, 0.6) is 0 Å². The van der Waals surface area contributed by atoms with Crippen LogP contribution in [0.2, 0.25) is 0 Å². The zero-order valence-electron chi connectivity index (χ0n) is 9.52. The van der Waals surface area contributed by atoms with Crippen molar-refractivity contribution in [2.24, 2.45) is 0 Å². The molecule has 3 N–H and O–H groups in total. The number of aliphatic hydroxyl groups is 2. The van der Waals surface area contributed by atoms with Gasteiger partial charge in [0.05, 0.1) is 23.6 Å². The van der Waals surface area contributed by atoms with Gasteiger partial charge in [-0.15, -0.1) is 0 Å². The Balaban J connectivity index is 3.15. The largest absolute Gasteiger partial charge is 0.394 e. The van der Waals surface area contributed by atoms with Crippen molar-refractivity contribution in [1.29, 1.82) is 0 Å². The fourth-order valence-corrected chi connectivity index (χ4v) is 4.32. The average Bonchev–Trinajstić information content (AvgIpc) is 2.27. The minimum atomic E-state index is -3.83. The SMILES string of the molecule is CC(CO)(CO)NS(=O)(=O)c1ccc(Br)cc1Br. The van der Waals surface area contributed by atoms with Crippen molar-refractivity contribution in [2.45, 2.75) is 17.4 Å². The Bertz CT molecular complexity index is 529. The lowest BCUT2D eigenvalue weighted by Gasteiger charge is -2.26. The standard InChI is InChI=1S/C10H13Br2NO4S/c1-10(5-14,6-15)13-18(16,17)9-3-2-7(11)4-8(9)12/h2-4,13-15H,5-6H2,1H3. The molecule has 0 atom stereocenters. The lowest BCUT2D eigenvalue weighted by Crippen LogP contribution is -2.51. The molecule has 0 heterocycles. The molecule has 0 aliphatic heterocycles. The van der Waals surface area contributed by atoms with Gasteiger partial charge in [0.2, 0.25) is 10.0 Å². The zero-order chi connectivity index (χ0) is 14.0. The van der Waals surface area contributed by atoms with Crippen molar-refractivity contribution < 1.29 is 18.6 Å². The predicted molar refractivity (Wildman–Crippen MR) is 74.7 cm³/mol. The van der Waals surface area contributed by atoms with Crippen LogP contribution in [-0.4, -0.2) is 37.4 Å². The van der Waals surface area contributed by atoms with Gasteiger partial charge in [0.15, 0.2) is 0 Å². The summed E-state index contributed by atoms with van der Waals surface area (Å²) in [6.45, 7) is 0.408. The Kier molecular flexibility index (Phi) is 5.33. The predicted octanol–water partition coefficient (Wildman–Crippen LogP) is 1.23. The van der Waals surface area contributed by atoms with Crippen LogP contribution >= 0.6 is 31.9 Å². The highest BCUT2D eigenvalue weighted by molar-refractivity contribution is 9.11. The molecule has 0 aromatic heterocycles. The molecule has 0 aliphatic carbocycles. The van der Waals surface area contributed by atoms with Crippen molar-refractivity contribution >= 4 is 41.9 Å². The van der Waals surface area contributed by atoms with E-state index in [4.69, 9.17) is 10.2 Å². The molecular weight excluding hydrogens is 390 g/mol. The van der Waals surface area contributed by atoms with Crippen LogP contribution in [0, 0.1) is 0 Å². The number of aliphatic hydroxyl groups excluding tert-OH is 2. The van der Waals surface area contributed by atoms with Gasteiger partial charge in [0, 0.05) is 8.95 Å². The molecular formula is C10H13Br2NO4S. The van der Waals surface area contributed by atoms with E-state index < -0.39 is 28.8 Å². The van der Waals surface area contributed by atoms with Crippen molar-refractivity contribution in [3.63, 3.8) is 0 Å². The number of hydrogen-bond acceptors (Lipinski definition) is 4. The Morgan fingerprint density at radius 1 is 1.28 bits per heavy atom. The molecule has 0 spiro atoms. The van der Waals surface area contributed by atoms with E-state index in [9.17, 15) is 8.42 Å². The Morgan fingerprint density at radius 3 is 2.28 bits per heavy atom. The van der Waals surface area contributed by atoms with E-state index in [0.29, 0.717) is 4.47 Å². The molecule has 0 saturated heterocycles. The molecule has 0 aliphatic rings. The summed E-state index contributed by atoms with van der Waals surface area (Å²) in [7, 11) is -3.83. The van der Waals surface area contributed by atoms with Gasteiger partial charge < -0.3 is 10.2 Å². The first kappa shape index (κ1) is 16.1. The number of halogens is 2. The molecule has 0 amide bonds. The molecule has 0 saturated carbocycles. The van der Waals surface area contributed by atoms with Gasteiger partial charge in [0.25, 0.3) is 0 Å². The minimum absolute atomic E-state index is 0.0406. The number of benzene rings is 1. The normalized spacial score (nSPS) is 12.7. The number of rotatable bonds is 5. The van der Waals surface area contributed by atoms with Gasteiger partial charge in [-0.2, -0.15) is 0 Å². The smallest absolute Gasteiger partial charge is 0.242 e. The van der Waals surface area contributed by atoms with E-state index in [2.05, 4.69) is 36.6 Å². The van der Waals surface area contributed by atoms with E-state index in [0.717, 1.165) is 4.47 Å². The first-order valence-electron chi connectivity index (χ1n) is 4.95. The van der Waals surface area contributed by atoms with Crippen LogP contribution < -0.4 is 4.72 Å². The fraction of sp³-hybridized carbons (Fsp3) is 0.400. The fourth-order valence-electron chi connectivity index (χ4n) is 1.19. The van der Waals surface area contributed by atoms with Crippen molar-refractivity contribution in [1.82, 2.24) is 4.72 Å². The summed E-state index contributed by atoms with van der Waals surface area (Å²) in [5.74, 6) is 0. The lowest BCUT2D eigenvalue weighted by molar-refractivity contribution is 0.121. The molecule has 0 bridgehead atoms. The molecule has 1 rings (SSSR count). The van der Waals surface area contributed by atoms with Crippen molar-refractivity contribution in [3.8, 4) is 0 Å². The molecule has 102 valence electrons. The molecule has 8 heteroatoms. The van der Waals surface area contributed by atoms with E-state index >= 15 is 0 Å². The van der Waals surface area contributed by atoms with Crippen LogP contribution in [0.15, 0.2) is 32.0 Å². The summed E-state index contributed by atoms with van der Waals surface area (Å²) >= 11 is 6.39. The quantitative estimate of drug-likeness (QED) is 0.691. The second-order valence-electron chi connectivity index (χ2n) is 4.06. The topological polar surface area (TPSA) is 86.6 Å². The van der Waals surface area contributed by atoms with Crippen LogP contribution in [-0.2, 0) is 10.0 Å². The second-order valence-corrected chi connectivity index (χ2v) is 7.48. The molecule has 18 heavy (non-hydrogen) atoms. The van der Waals surface area contributed by atoms with E-state index in [1.165, 1.54) is 13.0 Å². The summed E-state index contributed by atoms with van der Waals surface area (Å²) in [5.41, 5.74) is -1.30. The van der Waals surface area contributed by atoms with Crippen molar-refractivity contribution in [2.75, 3.05) is 13.2 Å². The van der Waals surface area contributed by atoms with Gasteiger partial charge in [-0.05, 0) is 41.1 Å². The number of sulfonamides is 1. The van der Waals surface area contributed by atoms with Gasteiger partial charge >= 0.3 is 0 Å². The molecule has 0 unspecified atom stereocenters. The third kappa shape index (κ3) is 3.75. The van der Waals surface area contributed by atoms with Gasteiger partial charge in [-0.1, -0.05) is 15.9 Å². The molecule has 5 nitrogen and oxygen atoms in total. The van der Waals surface area contributed by atoms with Gasteiger partial charge in [0.1, 0.15) is 0 Å². The highest BCUT2D eigenvalue weighted by atomic mass is 79.9. The maximum atomic E-state index is 12.1. The first-order chi connectivity index (χ1) is 8.24. The lowest BCUT2D eigenvalue weighted by atomic mass is 10.1. The van der Waals surface area contributed by atoms with Crippen LogP contribution in [0.1, 0.15) is 6.92 Å². The first-order valence-corrected chi connectivity index (χ1v) is 8.02. The van der Waals surface area contributed by atoms with E-state index in [1.54, 1.807) is 12.1 Å². The van der Waals surface area contributed by atoms with Crippen molar-refractivity contribution in [3.05, 3.63) is 27.1 Å². The third-order valence-corrected chi connectivity index (χ3v) is 5.37. The average molecular weight is 403 g/mol. The van der Waals surface area contributed by atoms with E-state index in [-0.39, 0.29) is 4.90 Å². The third-order valence-electron chi connectivity index (χ3n) is 2.26. The van der Waals surface area contributed by atoms with E-state index in [1.807, 2.05) is 0 Å². The molecule has 1 aromatic carbocycles. The highest BCUT2D eigenvalue weighted by Crippen LogP contribution is 2.26. The summed E-state index contributed by atoms with van der Waals surface area (Å²) in [6, 6.07) is 4.62. The monoisotopic (exact) mass is 401 g/mol. The highest BCUT2D eigenvalue weighted by Gasteiger charge is 2.30. The maximum Gasteiger partial charge on any atom is 0.242 e. The summed E-state index contributed by atoms with van der Waals surface area (Å²) in [6.07, 6.45) is 0. The molecule has 0 fully saturated rings. The van der Waals surface area contributed by atoms with Crippen LogP contribution in [0.25, 0.3) is 0 Å². The Morgan fingerprint density at radius 2 is 1.83 bits per heavy atom. The van der Waals surface area contributed by atoms with Crippen LogP contribution in [0.3, 0.4) is 0 Å². The summed E-state index contributed by atoms with van der Waals surface area (Å²) in [5, 5.41) is 18.2. The van der Waals surface area contributed by atoms with Gasteiger partial charge in [-0.3, -0.25) is 0 Å². The molecule has 0 radical (unpaired) electrons. The number of hydrogen-bond donors (Lipinski definition) is 3. The maximum absolute atomic E-state index is 12.1. The Hall–Kier alpha value is 0.01000. The van der Waals surface area contributed by atoms with Gasteiger partial charge in [-0.25, -0.2) is 13.1 Å². The van der Waals surface area contributed by atoms with Crippen LogP contribution in [0.4, 0.5) is 0 Å². The number of nitrogens with one attached hydrogen (secondary N) is 1. The molecule has 1 aromatic rings. The summed E-state index contributed by atoms with van der Waals surface area (Å²) < 4.78 is 27.6. The Labute approximate surface area is 123 Å². The second kappa shape index (κ2) is 5.98. The minimum Gasteiger partial charge on any atom is -0.394 e. The summed E-state index contributed by atoms with van der Waals surface area (Å²) in [4.78, 5) is 0.0406. The zero-order valence-corrected chi connectivity index (χ0v) is 13.5.